The number of likely N-dealkylation sites (tertiary alicyclic amines) is 1. The van der Waals surface area contributed by atoms with Crippen molar-refractivity contribution in [1.82, 2.24) is 0 Å². The van der Waals surface area contributed by atoms with Gasteiger partial charge in [0.15, 0.2) is 11.5 Å². The Morgan fingerprint density at radius 1 is 1.14 bits per heavy atom. The minimum Gasteiger partial charge on any atom is -1.00 e. The van der Waals surface area contributed by atoms with Crippen LogP contribution in [0.5, 0.6) is 11.5 Å². The highest BCUT2D eigenvalue weighted by atomic mass is 127. The highest BCUT2D eigenvalue weighted by Crippen LogP contribution is 2.35. The summed E-state index contributed by atoms with van der Waals surface area (Å²) in [7, 11) is 2.31. The van der Waals surface area contributed by atoms with Gasteiger partial charge in [0.05, 0.1) is 32.8 Å². The van der Waals surface area contributed by atoms with Gasteiger partial charge in [-0.1, -0.05) is 6.07 Å². The fourth-order valence-electron chi connectivity index (χ4n) is 3.22. The standard InChI is InChI=1S/C16H24NO3.HI/c1-17(8-3-2-4-9-17)10-7-14(18)13-5-6-15-16(11-13)20-12-19-15;/h5-6,11,14,18H,2-4,7-10,12H2,1H3;1H/q+1;/p-1. The van der Waals surface area contributed by atoms with E-state index in [-0.39, 0.29) is 30.8 Å². The molecule has 2 heterocycles. The molecule has 2 aliphatic heterocycles. The number of piperidine rings is 1. The lowest BCUT2D eigenvalue weighted by atomic mass is 10.0. The van der Waals surface area contributed by atoms with Gasteiger partial charge in [0, 0.05) is 6.42 Å². The third kappa shape index (κ3) is 4.02. The zero-order valence-corrected chi connectivity index (χ0v) is 14.7. The average molecular weight is 405 g/mol. The summed E-state index contributed by atoms with van der Waals surface area (Å²) in [6, 6.07) is 5.73. The molecular weight excluding hydrogens is 381 g/mol. The third-order valence-corrected chi connectivity index (χ3v) is 4.62. The summed E-state index contributed by atoms with van der Waals surface area (Å²) in [5, 5.41) is 10.4. The Hall–Kier alpha value is -0.530. The monoisotopic (exact) mass is 405 g/mol. The van der Waals surface area contributed by atoms with E-state index in [4.69, 9.17) is 9.47 Å². The van der Waals surface area contributed by atoms with Gasteiger partial charge in [-0.3, -0.25) is 0 Å². The van der Waals surface area contributed by atoms with Crippen molar-refractivity contribution in [3.63, 3.8) is 0 Å². The zero-order valence-electron chi connectivity index (χ0n) is 12.6. The highest BCUT2D eigenvalue weighted by molar-refractivity contribution is 5.45. The zero-order chi connectivity index (χ0) is 14.0. The van der Waals surface area contributed by atoms with Crippen LogP contribution in [-0.4, -0.2) is 43.1 Å². The van der Waals surface area contributed by atoms with Crippen LogP contribution in [0.4, 0.5) is 0 Å². The molecule has 0 aliphatic carbocycles. The van der Waals surface area contributed by atoms with Gasteiger partial charge in [-0.25, -0.2) is 0 Å². The summed E-state index contributed by atoms with van der Waals surface area (Å²) in [5.41, 5.74) is 0.929. The van der Waals surface area contributed by atoms with Gasteiger partial charge in [-0.05, 0) is 37.0 Å². The Labute approximate surface area is 143 Å². The van der Waals surface area contributed by atoms with Gasteiger partial charge in [0.1, 0.15) is 0 Å². The molecule has 0 aromatic heterocycles. The molecule has 21 heavy (non-hydrogen) atoms. The van der Waals surface area contributed by atoms with Crippen LogP contribution in [-0.2, 0) is 0 Å². The second-order valence-corrected chi connectivity index (χ2v) is 6.27. The van der Waals surface area contributed by atoms with E-state index < -0.39 is 6.10 Å². The number of hydrogen-bond acceptors (Lipinski definition) is 3. The molecule has 1 aromatic rings. The van der Waals surface area contributed by atoms with Gasteiger partial charge in [0.25, 0.3) is 0 Å². The van der Waals surface area contributed by atoms with E-state index in [0.29, 0.717) is 0 Å². The maximum Gasteiger partial charge on any atom is 0.231 e. The van der Waals surface area contributed by atoms with E-state index in [0.717, 1.165) is 34.5 Å². The summed E-state index contributed by atoms with van der Waals surface area (Å²) in [5.74, 6) is 1.52. The number of nitrogens with zero attached hydrogens (tertiary/aromatic N) is 1. The molecular formula is C16H24INO3. The summed E-state index contributed by atoms with van der Waals surface area (Å²) in [6.45, 7) is 3.81. The highest BCUT2D eigenvalue weighted by Gasteiger charge is 2.26. The average Bonchev–Trinajstić information content (AvgIpc) is 2.93. The number of benzene rings is 1. The van der Waals surface area contributed by atoms with Crippen LogP contribution in [0.2, 0.25) is 0 Å². The predicted molar refractivity (Wildman–Crippen MR) is 76.8 cm³/mol. The molecule has 0 spiro atoms. The molecule has 5 heteroatoms. The lowest BCUT2D eigenvalue weighted by Crippen LogP contribution is -3.00. The minimum absolute atomic E-state index is 0. The van der Waals surface area contributed by atoms with Crippen LogP contribution in [0.25, 0.3) is 0 Å². The maximum atomic E-state index is 10.4. The molecule has 3 rings (SSSR count). The first-order valence-corrected chi connectivity index (χ1v) is 7.57. The number of quaternary nitrogens is 1. The second-order valence-electron chi connectivity index (χ2n) is 6.27. The number of halogens is 1. The molecule has 118 valence electrons. The molecule has 0 saturated carbocycles. The van der Waals surface area contributed by atoms with E-state index in [1.165, 1.54) is 32.4 Å². The van der Waals surface area contributed by atoms with Gasteiger partial charge >= 0.3 is 0 Å². The second kappa shape index (κ2) is 7.15. The summed E-state index contributed by atoms with van der Waals surface area (Å²) in [4.78, 5) is 0. The van der Waals surface area contributed by atoms with Gasteiger partial charge < -0.3 is 43.0 Å². The normalized spacial score (nSPS) is 20.7. The van der Waals surface area contributed by atoms with E-state index in [9.17, 15) is 5.11 Å². The number of aliphatic hydroxyl groups excluding tert-OH is 1. The molecule has 0 radical (unpaired) electrons. The Bertz CT molecular complexity index is 475. The summed E-state index contributed by atoms with van der Waals surface area (Å²) in [6.07, 6.45) is 4.38. The SMILES string of the molecule is C[N+]1(CCC(O)c2ccc3c(c2)OCO3)CCCCC1.[I-]. The topological polar surface area (TPSA) is 38.7 Å². The fourth-order valence-corrected chi connectivity index (χ4v) is 3.22. The van der Waals surface area contributed by atoms with Gasteiger partial charge in [-0.15, -0.1) is 0 Å². The molecule has 1 atom stereocenters. The van der Waals surface area contributed by atoms with Crippen LogP contribution in [0.3, 0.4) is 0 Å². The molecule has 2 aliphatic rings. The van der Waals surface area contributed by atoms with Gasteiger partial charge in [0.2, 0.25) is 6.79 Å². The minimum atomic E-state index is -0.415. The van der Waals surface area contributed by atoms with E-state index >= 15 is 0 Å². The first-order valence-electron chi connectivity index (χ1n) is 7.57. The number of rotatable bonds is 4. The number of fused-ring (bicyclic) bond motifs is 1. The van der Waals surface area contributed by atoms with Gasteiger partial charge in [-0.2, -0.15) is 0 Å². The first kappa shape index (κ1) is 16.8. The first-order chi connectivity index (χ1) is 9.66. The third-order valence-electron chi connectivity index (χ3n) is 4.62. The van der Waals surface area contributed by atoms with E-state index in [1.54, 1.807) is 0 Å². The van der Waals surface area contributed by atoms with Crippen LogP contribution in [0.1, 0.15) is 37.4 Å². The molecule has 1 fully saturated rings. The number of aliphatic hydroxyl groups is 1. The molecule has 1 saturated heterocycles. The molecule has 0 amide bonds. The van der Waals surface area contributed by atoms with E-state index in [1.807, 2.05) is 18.2 Å². The molecule has 0 bridgehead atoms. The molecule has 1 aromatic carbocycles. The van der Waals surface area contributed by atoms with Crippen molar-refractivity contribution < 1.29 is 43.0 Å². The maximum absolute atomic E-state index is 10.4. The van der Waals surface area contributed by atoms with Crippen molar-refractivity contribution in [2.45, 2.75) is 31.8 Å². The smallest absolute Gasteiger partial charge is 0.231 e. The Morgan fingerprint density at radius 2 is 1.86 bits per heavy atom. The van der Waals surface area contributed by atoms with E-state index in [2.05, 4.69) is 7.05 Å². The predicted octanol–water partition coefficient (Wildman–Crippen LogP) is -0.527. The Balaban J connectivity index is 0.00000161. The largest absolute Gasteiger partial charge is 1.00 e. The van der Waals surface area contributed by atoms with Crippen LogP contribution in [0, 0.1) is 0 Å². The lowest BCUT2D eigenvalue weighted by Gasteiger charge is -2.38. The summed E-state index contributed by atoms with van der Waals surface area (Å²) >= 11 is 0. The fraction of sp³-hybridized carbons (Fsp3) is 0.625. The van der Waals surface area contributed by atoms with Crippen molar-refractivity contribution in [2.75, 3.05) is 33.5 Å². The van der Waals surface area contributed by atoms with Crippen molar-refractivity contribution >= 4 is 0 Å². The number of hydrogen-bond donors (Lipinski definition) is 1. The van der Waals surface area contributed by atoms with Crippen LogP contribution >= 0.6 is 0 Å². The quantitative estimate of drug-likeness (QED) is 0.541. The van der Waals surface area contributed by atoms with Crippen LogP contribution < -0.4 is 33.5 Å². The Kier molecular flexibility index (Phi) is 5.73. The molecule has 4 nitrogen and oxygen atoms in total. The Morgan fingerprint density at radius 3 is 2.62 bits per heavy atom. The summed E-state index contributed by atoms with van der Waals surface area (Å²) < 4.78 is 11.8. The van der Waals surface area contributed by atoms with Crippen molar-refractivity contribution in [2.24, 2.45) is 0 Å². The number of ether oxygens (including phenoxy) is 2. The molecule has 1 unspecified atom stereocenters. The van der Waals surface area contributed by atoms with Crippen molar-refractivity contribution in [3.05, 3.63) is 23.8 Å². The van der Waals surface area contributed by atoms with Crippen molar-refractivity contribution in [3.8, 4) is 11.5 Å². The lowest BCUT2D eigenvalue weighted by molar-refractivity contribution is -0.914. The van der Waals surface area contributed by atoms with Crippen molar-refractivity contribution in [1.29, 1.82) is 0 Å². The van der Waals surface area contributed by atoms with Crippen LogP contribution in [0.15, 0.2) is 18.2 Å². The molecule has 1 N–H and O–H groups in total.